The van der Waals surface area contributed by atoms with Crippen LogP contribution in [0.4, 0.5) is 11.6 Å². The van der Waals surface area contributed by atoms with Crippen LogP contribution >= 0.6 is 0 Å². The summed E-state index contributed by atoms with van der Waals surface area (Å²) < 4.78 is 5.54. The molecular weight excluding hydrogens is 264 g/mol. The fourth-order valence-electron chi connectivity index (χ4n) is 2.26. The van der Waals surface area contributed by atoms with Gasteiger partial charge in [0.05, 0.1) is 17.6 Å². The second-order valence-corrected chi connectivity index (χ2v) is 4.63. The summed E-state index contributed by atoms with van der Waals surface area (Å²) in [5, 5.41) is 0. The van der Waals surface area contributed by atoms with E-state index in [4.69, 9.17) is 16.2 Å². The van der Waals surface area contributed by atoms with Crippen LogP contribution in [0.2, 0.25) is 0 Å². The zero-order valence-corrected chi connectivity index (χ0v) is 11.7. The minimum atomic E-state index is 0.246. The van der Waals surface area contributed by atoms with Crippen molar-refractivity contribution in [3.8, 4) is 16.9 Å². The molecule has 0 aliphatic carbocycles. The van der Waals surface area contributed by atoms with E-state index in [-0.39, 0.29) is 11.6 Å². The lowest BCUT2D eigenvalue weighted by molar-refractivity contribution is 0.340. The highest BCUT2D eigenvalue weighted by atomic mass is 16.5. The molecule has 0 aliphatic rings. The average Bonchev–Trinajstić information content (AvgIpc) is 2.48. The Morgan fingerprint density at radius 3 is 2.57 bits per heavy atom. The van der Waals surface area contributed by atoms with E-state index < -0.39 is 0 Å². The number of nitrogens with two attached hydrogens (primary N) is 2. The normalized spacial score (nSPS) is 10.7. The zero-order chi connectivity index (χ0) is 14.8. The van der Waals surface area contributed by atoms with Crippen LogP contribution in [0.1, 0.15) is 6.92 Å². The highest BCUT2D eigenvalue weighted by Gasteiger charge is 2.09. The van der Waals surface area contributed by atoms with Gasteiger partial charge in [-0.1, -0.05) is 24.3 Å². The maximum absolute atomic E-state index is 5.79. The molecule has 0 atom stereocenters. The minimum Gasteiger partial charge on any atom is -0.494 e. The molecule has 0 fully saturated rings. The summed E-state index contributed by atoms with van der Waals surface area (Å²) >= 11 is 0. The van der Waals surface area contributed by atoms with Crippen molar-refractivity contribution in [2.45, 2.75) is 6.92 Å². The number of rotatable bonds is 3. The third-order valence-electron chi connectivity index (χ3n) is 3.21. The molecule has 2 aromatic carbocycles. The first-order valence-corrected chi connectivity index (χ1v) is 6.74. The van der Waals surface area contributed by atoms with Crippen molar-refractivity contribution >= 4 is 22.7 Å². The van der Waals surface area contributed by atoms with Gasteiger partial charge in [-0.3, -0.25) is 0 Å². The Morgan fingerprint density at radius 2 is 1.76 bits per heavy atom. The number of nitrogen functional groups attached to an aromatic ring is 2. The highest BCUT2D eigenvalue weighted by molar-refractivity contribution is 5.93. The molecule has 0 radical (unpaired) electrons. The van der Waals surface area contributed by atoms with Crippen LogP contribution in [0.15, 0.2) is 42.5 Å². The van der Waals surface area contributed by atoms with Crippen molar-refractivity contribution in [3.05, 3.63) is 42.5 Å². The summed E-state index contributed by atoms with van der Waals surface area (Å²) in [7, 11) is 0. The molecule has 5 nitrogen and oxygen atoms in total. The Hall–Kier alpha value is -2.82. The second-order valence-electron chi connectivity index (χ2n) is 4.63. The third kappa shape index (κ3) is 2.45. The van der Waals surface area contributed by atoms with Crippen LogP contribution in [0.5, 0.6) is 5.75 Å². The van der Waals surface area contributed by atoms with Gasteiger partial charge in [0.15, 0.2) is 11.6 Å². The number of ether oxygens (including phenoxy) is 1. The standard InChI is InChI=1S/C16H16N4O/c1-2-21-11-6-3-5-10(9-11)12-7-4-8-13-14(12)20-16(18)15(17)19-13/h3-9H,2H2,1H3,(H2,17,19)(H2,18,20). The van der Waals surface area contributed by atoms with Crippen molar-refractivity contribution in [2.75, 3.05) is 18.1 Å². The molecule has 4 N–H and O–H groups in total. The Balaban J connectivity index is 2.20. The first-order chi connectivity index (χ1) is 10.2. The molecule has 0 aliphatic heterocycles. The Morgan fingerprint density at radius 1 is 1.00 bits per heavy atom. The van der Waals surface area contributed by atoms with Gasteiger partial charge < -0.3 is 16.2 Å². The maximum atomic E-state index is 5.79. The van der Waals surface area contributed by atoms with Gasteiger partial charge in [-0.2, -0.15) is 0 Å². The number of benzene rings is 2. The third-order valence-corrected chi connectivity index (χ3v) is 3.21. The lowest BCUT2D eigenvalue weighted by atomic mass is 10.0. The molecule has 0 saturated heterocycles. The number of nitrogens with zero attached hydrogens (tertiary/aromatic N) is 2. The second kappa shape index (κ2) is 5.28. The van der Waals surface area contributed by atoms with Crippen molar-refractivity contribution in [2.24, 2.45) is 0 Å². The number of hydrogen-bond donors (Lipinski definition) is 2. The van der Waals surface area contributed by atoms with Gasteiger partial charge in [0, 0.05) is 5.56 Å². The molecule has 0 spiro atoms. The summed E-state index contributed by atoms with van der Waals surface area (Å²) in [4.78, 5) is 8.66. The first-order valence-electron chi connectivity index (χ1n) is 6.74. The Bertz CT molecular complexity index is 801. The lowest BCUT2D eigenvalue weighted by Crippen LogP contribution is -2.02. The summed E-state index contributed by atoms with van der Waals surface area (Å²) in [6.07, 6.45) is 0. The smallest absolute Gasteiger partial charge is 0.166 e. The number of para-hydroxylation sites is 1. The fourth-order valence-corrected chi connectivity index (χ4v) is 2.26. The lowest BCUT2D eigenvalue weighted by Gasteiger charge is -2.09. The van der Waals surface area contributed by atoms with Gasteiger partial charge >= 0.3 is 0 Å². The van der Waals surface area contributed by atoms with Crippen LogP contribution in [0, 0.1) is 0 Å². The molecule has 21 heavy (non-hydrogen) atoms. The van der Waals surface area contributed by atoms with E-state index in [9.17, 15) is 0 Å². The molecule has 106 valence electrons. The SMILES string of the molecule is CCOc1cccc(-c2cccc3nc(N)c(N)nc23)c1. The van der Waals surface area contributed by atoms with Crippen LogP contribution in [0.3, 0.4) is 0 Å². The Labute approximate surface area is 122 Å². The van der Waals surface area contributed by atoms with Gasteiger partial charge in [-0.15, -0.1) is 0 Å². The van der Waals surface area contributed by atoms with Crippen molar-refractivity contribution in [3.63, 3.8) is 0 Å². The number of fused-ring (bicyclic) bond motifs is 1. The van der Waals surface area contributed by atoms with E-state index in [1.54, 1.807) is 0 Å². The highest BCUT2D eigenvalue weighted by Crippen LogP contribution is 2.30. The molecule has 1 heterocycles. The van der Waals surface area contributed by atoms with Gasteiger partial charge in [0.25, 0.3) is 0 Å². The molecule has 1 aromatic heterocycles. The molecule has 5 heteroatoms. The first kappa shape index (κ1) is 13.2. The maximum Gasteiger partial charge on any atom is 0.166 e. The average molecular weight is 280 g/mol. The monoisotopic (exact) mass is 280 g/mol. The van der Waals surface area contributed by atoms with E-state index in [1.165, 1.54) is 0 Å². The van der Waals surface area contributed by atoms with Crippen molar-refractivity contribution in [1.29, 1.82) is 0 Å². The van der Waals surface area contributed by atoms with Crippen LogP contribution in [-0.4, -0.2) is 16.6 Å². The summed E-state index contributed by atoms with van der Waals surface area (Å²) in [5.74, 6) is 1.32. The Kier molecular flexibility index (Phi) is 3.31. The van der Waals surface area contributed by atoms with Crippen molar-refractivity contribution in [1.82, 2.24) is 9.97 Å². The molecule has 0 unspecified atom stereocenters. The molecule has 3 aromatic rings. The zero-order valence-electron chi connectivity index (χ0n) is 11.7. The predicted octanol–water partition coefficient (Wildman–Crippen LogP) is 2.86. The summed E-state index contributed by atoms with van der Waals surface area (Å²) in [6.45, 7) is 2.59. The molecular formula is C16H16N4O. The number of hydrogen-bond acceptors (Lipinski definition) is 5. The van der Waals surface area contributed by atoms with Crippen LogP contribution < -0.4 is 16.2 Å². The van der Waals surface area contributed by atoms with E-state index in [0.717, 1.165) is 27.9 Å². The van der Waals surface area contributed by atoms with Crippen molar-refractivity contribution < 1.29 is 4.74 Å². The number of aromatic nitrogens is 2. The minimum absolute atomic E-state index is 0.246. The molecule has 0 amide bonds. The van der Waals surface area contributed by atoms with Gasteiger partial charge in [0.2, 0.25) is 0 Å². The van der Waals surface area contributed by atoms with E-state index >= 15 is 0 Å². The summed E-state index contributed by atoms with van der Waals surface area (Å²) in [5.41, 5.74) is 14.9. The molecule has 0 bridgehead atoms. The van der Waals surface area contributed by atoms with E-state index in [2.05, 4.69) is 9.97 Å². The number of anilines is 2. The molecule has 0 saturated carbocycles. The van der Waals surface area contributed by atoms with Gasteiger partial charge in [-0.05, 0) is 30.7 Å². The van der Waals surface area contributed by atoms with Gasteiger partial charge in [-0.25, -0.2) is 9.97 Å². The predicted molar refractivity (Wildman–Crippen MR) is 85.0 cm³/mol. The quantitative estimate of drug-likeness (QED) is 0.770. The van der Waals surface area contributed by atoms with E-state index in [0.29, 0.717) is 6.61 Å². The van der Waals surface area contributed by atoms with Crippen LogP contribution in [0.25, 0.3) is 22.2 Å². The fraction of sp³-hybridized carbons (Fsp3) is 0.125. The van der Waals surface area contributed by atoms with Gasteiger partial charge in [0.1, 0.15) is 5.75 Å². The van der Waals surface area contributed by atoms with E-state index in [1.807, 2.05) is 49.4 Å². The topological polar surface area (TPSA) is 87.0 Å². The summed E-state index contributed by atoms with van der Waals surface area (Å²) in [6, 6.07) is 13.6. The van der Waals surface area contributed by atoms with Crippen LogP contribution in [-0.2, 0) is 0 Å². The molecule has 3 rings (SSSR count). The largest absolute Gasteiger partial charge is 0.494 e.